The Balaban J connectivity index is 1.39. The molecular formula is C18H19FN4O. The van der Waals surface area contributed by atoms with Crippen molar-refractivity contribution in [2.45, 2.75) is 25.7 Å². The average molecular weight is 326 g/mol. The summed E-state index contributed by atoms with van der Waals surface area (Å²) in [5.41, 5.74) is 2.58. The standard InChI is InChI=1S/C18H19FN4O/c19-14-4-5-15-16(12-14)23-17(22-15)2-1-3-18(24)21-11-8-13-6-9-20-10-7-13/h4-7,9-10,12H,1-3,8,11H2,(H,21,24)(H,22,23). The molecule has 0 aliphatic heterocycles. The summed E-state index contributed by atoms with van der Waals surface area (Å²) < 4.78 is 13.1. The first-order valence-electron chi connectivity index (χ1n) is 8.00. The van der Waals surface area contributed by atoms with Crippen molar-refractivity contribution in [1.82, 2.24) is 20.3 Å². The minimum Gasteiger partial charge on any atom is -0.356 e. The minimum absolute atomic E-state index is 0.0335. The Morgan fingerprint density at radius 3 is 2.83 bits per heavy atom. The number of carbonyl (C=O) groups excluding carboxylic acids is 1. The monoisotopic (exact) mass is 326 g/mol. The van der Waals surface area contributed by atoms with E-state index in [1.165, 1.54) is 12.1 Å². The van der Waals surface area contributed by atoms with E-state index in [4.69, 9.17) is 0 Å². The van der Waals surface area contributed by atoms with Crippen LogP contribution in [0.25, 0.3) is 11.0 Å². The van der Waals surface area contributed by atoms with Gasteiger partial charge in [0, 0.05) is 31.8 Å². The van der Waals surface area contributed by atoms with Gasteiger partial charge in [0.05, 0.1) is 11.0 Å². The number of carbonyl (C=O) groups is 1. The number of nitrogens with one attached hydrogen (secondary N) is 2. The molecule has 0 radical (unpaired) electrons. The topological polar surface area (TPSA) is 70.7 Å². The van der Waals surface area contributed by atoms with E-state index in [1.54, 1.807) is 18.5 Å². The van der Waals surface area contributed by atoms with Crippen molar-refractivity contribution in [3.63, 3.8) is 0 Å². The van der Waals surface area contributed by atoms with Gasteiger partial charge in [-0.2, -0.15) is 0 Å². The first kappa shape index (κ1) is 16.1. The lowest BCUT2D eigenvalue weighted by atomic mass is 10.2. The second kappa shape index (κ2) is 7.68. The molecule has 24 heavy (non-hydrogen) atoms. The molecule has 0 unspecified atom stereocenters. The number of imidazole rings is 1. The molecule has 0 aliphatic carbocycles. The van der Waals surface area contributed by atoms with Gasteiger partial charge in [-0.25, -0.2) is 9.37 Å². The van der Waals surface area contributed by atoms with Gasteiger partial charge in [0.1, 0.15) is 11.6 Å². The number of nitrogens with zero attached hydrogens (tertiary/aromatic N) is 2. The Morgan fingerprint density at radius 2 is 2.00 bits per heavy atom. The van der Waals surface area contributed by atoms with Gasteiger partial charge in [-0.05, 0) is 48.7 Å². The molecule has 6 heteroatoms. The number of halogens is 1. The number of hydrogen-bond donors (Lipinski definition) is 2. The fourth-order valence-electron chi connectivity index (χ4n) is 2.55. The molecule has 0 saturated heterocycles. The second-order valence-electron chi connectivity index (χ2n) is 5.65. The minimum atomic E-state index is -0.286. The van der Waals surface area contributed by atoms with Gasteiger partial charge < -0.3 is 10.3 Å². The molecule has 0 fully saturated rings. The van der Waals surface area contributed by atoms with Gasteiger partial charge in [0.25, 0.3) is 0 Å². The van der Waals surface area contributed by atoms with Crippen LogP contribution < -0.4 is 5.32 Å². The number of benzene rings is 1. The highest BCUT2D eigenvalue weighted by Gasteiger charge is 2.06. The summed E-state index contributed by atoms with van der Waals surface area (Å²) in [6.45, 7) is 0.618. The molecular weight excluding hydrogens is 307 g/mol. The Kier molecular flexibility index (Phi) is 5.15. The van der Waals surface area contributed by atoms with E-state index in [-0.39, 0.29) is 11.7 Å². The summed E-state index contributed by atoms with van der Waals surface area (Å²) in [5.74, 6) is 0.526. The summed E-state index contributed by atoms with van der Waals surface area (Å²) >= 11 is 0. The van der Waals surface area contributed by atoms with Crippen molar-refractivity contribution in [3.05, 3.63) is 59.9 Å². The van der Waals surface area contributed by atoms with E-state index in [2.05, 4.69) is 20.3 Å². The van der Waals surface area contributed by atoms with Gasteiger partial charge >= 0.3 is 0 Å². The number of fused-ring (bicyclic) bond motifs is 1. The molecule has 2 N–H and O–H groups in total. The largest absolute Gasteiger partial charge is 0.356 e. The van der Waals surface area contributed by atoms with Crippen LogP contribution in [0, 0.1) is 5.82 Å². The van der Waals surface area contributed by atoms with Crippen LogP contribution >= 0.6 is 0 Å². The SMILES string of the molecule is O=C(CCCc1nc2ccc(F)cc2[nH]1)NCCc1ccncc1. The maximum Gasteiger partial charge on any atom is 0.220 e. The average Bonchev–Trinajstić information content (AvgIpc) is 2.97. The number of aryl methyl sites for hydroxylation is 1. The highest BCUT2D eigenvalue weighted by atomic mass is 19.1. The van der Waals surface area contributed by atoms with E-state index < -0.39 is 0 Å². The molecule has 1 amide bonds. The summed E-state index contributed by atoms with van der Waals surface area (Å²) in [5, 5.41) is 2.91. The van der Waals surface area contributed by atoms with E-state index in [9.17, 15) is 9.18 Å². The Bertz CT molecular complexity index is 816. The van der Waals surface area contributed by atoms with Gasteiger partial charge in [0.2, 0.25) is 5.91 Å². The van der Waals surface area contributed by atoms with Gasteiger partial charge in [-0.3, -0.25) is 9.78 Å². The van der Waals surface area contributed by atoms with E-state index in [0.717, 1.165) is 23.3 Å². The van der Waals surface area contributed by atoms with Gasteiger partial charge in [-0.1, -0.05) is 0 Å². The third kappa shape index (κ3) is 4.38. The molecule has 0 spiro atoms. The van der Waals surface area contributed by atoms with Crippen molar-refractivity contribution in [3.8, 4) is 0 Å². The van der Waals surface area contributed by atoms with E-state index >= 15 is 0 Å². The number of pyridine rings is 1. The van der Waals surface area contributed by atoms with Crippen LogP contribution in [-0.2, 0) is 17.6 Å². The molecule has 0 saturated carbocycles. The summed E-state index contributed by atoms with van der Waals surface area (Å²) in [7, 11) is 0. The fraction of sp³-hybridized carbons (Fsp3) is 0.278. The number of hydrogen-bond acceptors (Lipinski definition) is 3. The maximum atomic E-state index is 13.1. The van der Waals surface area contributed by atoms with Crippen LogP contribution in [-0.4, -0.2) is 27.4 Å². The number of H-pyrrole nitrogens is 1. The fourth-order valence-corrected chi connectivity index (χ4v) is 2.55. The van der Waals surface area contributed by atoms with Crippen LogP contribution in [0.15, 0.2) is 42.7 Å². The molecule has 3 aromatic rings. The predicted molar refractivity (Wildman–Crippen MR) is 89.9 cm³/mol. The summed E-state index contributed by atoms with van der Waals surface area (Å²) in [6.07, 6.45) is 6.09. The van der Waals surface area contributed by atoms with E-state index in [1.807, 2.05) is 12.1 Å². The first-order chi connectivity index (χ1) is 11.7. The Morgan fingerprint density at radius 1 is 1.17 bits per heavy atom. The highest BCUT2D eigenvalue weighted by molar-refractivity contribution is 5.76. The number of aromatic amines is 1. The van der Waals surface area contributed by atoms with Crippen molar-refractivity contribution in [2.24, 2.45) is 0 Å². The van der Waals surface area contributed by atoms with Crippen LogP contribution in [0.4, 0.5) is 4.39 Å². The lowest BCUT2D eigenvalue weighted by Crippen LogP contribution is -2.25. The van der Waals surface area contributed by atoms with Crippen molar-refractivity contribution in [2.75, 3.05) is 6.54 Å². The molecule has 0 bridgehead atoms. The zero-order valence-electron chi connectivity index (χ0n) is 13.3. The van der Waals surface area contributed by atoms with Gasteiger partial charge in [0.15, 0.2) is 0 Å². The van der Waals surface area contributed by atoms with Crippen LogP contribution in [0.3, 0.4) is 0 Å². The molecule has 2 heterocycles. The Labute approximate surface area is 139 Å². The number of aromatic nitrogens is 3. The molecule has 124 valence electrons. The zero-order chi connectivity index (χ0) is 16.8. The molecule has 5 nitrogen and oxygen atoms in total. The van der Waals surface area contributed by atoms with Gasteiger partial charge in [-0.15, -0.1) is 0 Å². The molecule has 0 aliphatic rings. The molecule has 3 rings (SSSR count). The summed E-state index contributed by atoms with van der Waals surface area (Å²) in [4.78, 5) is 23.3. The predicted octanol–water partition coefficient (Wildman–Crippen LogP) is 2.78. The van der Waals surface area contributed by atoms with Crippen molar-refractivity contribution < 1.29 is 9.18 Å². The molecule has 1 aromatic carbocycles. The quantitative estimate of drug-likeness (QED) is 0.701. The Hall–Kier alpha value is -2.76. The normalized spacial score (nSPS) is 10.9. The smallest absolute Gasteiger partial charge is 0.220 e. The summed E-state index contributed by atoms with van der Waals surface area (Å²) in [6, 6.07) is 8.35. The zero-order valence-corrected chi connectivity index (χ0v) is 13.3. The van der Waals surface area contributed by atoms with E-state index in [0.29, 0.717) is 31.3 Å². The maximum absolute atomic E-state index is 13.1. The van der Waals surface area contributed by atoms with Crippen LogP contribution in [0.1, 0.15) is 24.2 Å². The third-order valence-corrected chi connectivity index (χ3v) is 3.80. The number of rotatable bonds is 7. The second-order valence-corrected chi connectivity index (χ2v) is 5.65. The number of amides is 1. The third-order valence-electron chi connectivity index (χ3n) is 3.80. The van der Waals surface area contributed by atoms with Crippen LogP contribution in [0.2, 0.25) is 0 Å². The lowest BCUT2D eigenvalue weighted by molar-refractivity contribution is -0.121. The lowest BCUT2D eigenvalue weighted by Gasteiger charge is -2.04. The highest BCUT2D eigenvalue weighted by Crippen LogP contribution is 2.14. The van der Waals surface area contributed by atoms with Crippen molar-refractivity contribution in [1.29, 1.82) is 0 Å². The molecule has 2 aromatic heterocycles. The molecule has 0 atom stereocenters. The first-order valence-corrected chi connectivity index (χ1v) is 8.00. The van der Waals surface area contributed by atoms with Crippen LogP contribution in [0.5, 0.6) is 0 Å². The van der Waals surface area contributed by atoms with Crippen molar-refractivity contribution >= 4 is 16.9 Å².